The second kappa shape index (κ2) is 7.87. The number of hydrogen-bond acceptors (Lipinski definition) is 2. The molecule has 1 N–H and O–H groups in total. The zero-order valence-electron chi connectivity index (χ0n) is 15.7. The number of nitrogens with one attached hydrogen (secondary N) is 1. The van der Waals surface area contributed by atoms with Gasteiger partial charge in [0.2, 0.25) is 0 Å². The Labute approximate surface area is 151 Å². The van der Waals surface area contributed by atoms with Crippen molar-refractivity contribution in [1.29, 1.82) is 0 Å². The Morgan fingerprint density at radius 3 is 1.96 bits per heavy atom. The minimum absolute atomic E-state index is 0.717. The van der Waals surface area contributed by atoms with Gasteiger partial charge in [-0.2, -0.15) is 0 Å². The Bertz CT molecular complexity index is 851. The first-order valence-corrected chi connectivity index (χ1v) is 10.2. The van der Waals surface area contributed by atoms with Crippen LogP contribution in [0.5, 0.6) is 0 Å². The van der Waals surface area contributed by atoms with Gasteiger partial charge in [0.15, 0.2) is 0 Å². The normalized spacial score (nSPS) is 11.9. The molecule has 2 aromatic rings. The van der Waals surface area contributed by atoms with Crippen LogP contribution in [0.4, 0.5) is 5.69 Å². The molecule has 0 saturated carbocycles. The fourth-order valence-corrected chi connectivity index (χ4v) is 4.09. The van der Waals surface area contributed by atoms with Crippen LogP contribution in [0.25, 0.3) is 6.08 Å². The monoisotopic (exact) mass is 357 g/mol. The van der Waals surface area contributed by atoms with Crippen LogP contribution in [-0.2, 0) is 22.9 Å². The molecule has 0 aliphatic carbocycles. The van der Waals surface area contributed by atoms with Crippen molar-refractivity contribution in [2.24, 2.45) is 0 Å². The first kappa shape index (κ1) is 19.3. The Balaban J connectivity index is 2.36. The lowest BCUT2D eigenvalue weighted by Crippen LogP contribution is -2.12. The quantitative estimate of drug-likeness (QED) is 0.777. The van der Waals surface area contributed by atoms with Gasteiger partial charge in [0.05, 0.1) is 11.1 Å². The third-order valence-electron chi connectivity index (χ3n) is 4.40. The summed E-state index contributed by atoms with van der Waals surface area (Å²) in [6.07, 6.45) is 3.25. The van der Waals surface area contributed by atoms with E-state index in [9.17, 15) is 8.42 Å². The molecule has 0 heterocycles. The van der Waals surface area contributed by atoms with Crippen LogP contribution in [0, 0.1) is 20.8 Å². The molecule has 0 aliphatic rings. The minimum atomic E-state index is -3.57. The summed E-state index contributed by atoms with van der Waals surface area (Å²) in [4.78, 5) is 0. The summed E-state index contributed by atoms with van der Waals surface area (Å²) >= 11 is 0. The van der Waals surface area contributed by atoms with Gasteiger partial charge in [0, 0.05) is 0 Å². The van der Waals surface area contributed by atoms with E-state index in [4.69, 9.17) is 0 Å². The lowest BCUT2D eigenvalue weighted by molar-refractivity contribution is 0.609. The Morgan fingerprint density at radius 1 is 0.960 bits per heavy atom. The fraction of sp³-hybridized carbons (Fsp3) is 0.333. The molecule has 0 amide bonds. The van der Waals surface area contributed by atoms with Crippen molar-refractivity contribution in [2.75, 3.05) is 4.72 Å². The van der Waals surface area contributed by atoms with E-state index in [0.29, 0.717) is 0 Å². The third kappa shape index (κ3) is 4.73. The first-order valence-electron chi connectivity index (χ1n) is 8.67. The zero-order chi connectivity index (χ0) is 18.6. The Kier molecular flexibility index (Phi) is 6.07. The summed E-state index contributed by atoms with van der Waals surface area (Å²) in [5.74, 6) is 0. The SMILES string of the molecule is CCc1cccc(CC)c1NS(=O)(=O)/C=C/c1c(C)cc(C)cc1C. The van der Waals surface area contributed by atoms with Crippen LogP contribution in [0.1, 0.15) is 47.2 Å². The van der Waals surface area contributed by atoms with Crippen molar-refractivity contribution in [3.8, 4) is 0 Å². The fourth-order valence-electron chi connectivity index (χ4n) is 3.16. The van der Waals surface area contributed by atoms with E-state index in [0.717, 1.165) is 46.3 Å². The van der Waals surface area contributed by atoms with E-state index < -0.39 is 10.0 Å². The predicted octanol–water partition coefficient (Wildman–Crippen LogP) is 5.15. The van der Waals surface area contributed by atoms with Gasteiger partial charge in [0.1, 0.15) is 0 Å². The second-order valence-electron chi connectivity index (χ2n) is 6.42. The summed E-state index contributed by atoms with van der Waals surface area (Å²) in [5, 5.41) is 1.27. The summed E-state index contributed by atoms with van der Waals surface area (Å²) in [6, 6.07) is 10.0. The molecule has 0 atom stereocenters. The van der Waals surface area contributed by atoms with Gasteiger partial charge in [-0.25, -0.2) is 8.42 Å². The van der Waals surface area contributed by atoms with Gasteiger partial charge in [-0.05, 0) is 67.5 Å². The molecule has 0 aliphatic heterocycles. The Hall–Kier alpha value is -2.07. The molecule has 0 radical (unpaired) electrons. The molecule has 0 bridgehead atoms. The van der Waals surface area contributed by atoms with Gasteiger partial charge >= 0.3 is 0 Å². The maximum Gasteiger partial charge on any atom is 0.255 e. The van der Waals surface area contributed by atoms with E-state index in [1.807, 2.05) is 52.8 Å². The summed E-state index contributed by atoms with van der Waals surface area (Å²) in [7, 11) is -3.57. The predicted molar refractivity (Wildman–Crippen MR) is 107 cm³/mol. The molecule has 2 rings (SSSR count). The van der Waals surface area contributed by atoms with Crippen molar-refractivity contribution >= 4 is 21.8 Å². The third-order valence-corrected chi connectivity index (χ3v) is 5.38. The number of benzene rings is 2. The van der Waals surface area contributed by atoms with E-state index in [1.54, 1.807) is 6.08 Å². The van der Waals surface area contributed by atoms with E-state index in [-0.39, 0.29) is 0 Å². The van der Waals surface area contributed by atoms with E-state index in [1.165, 1.54) is 11.0 Å². The zero-order valence-corrected chi connectivity index (χ0v) is 16.5. The van der Waals surface area contributed by atoms with Crippen molar-refractivity contribution in [3.05, 3.63) is 69.1 Å². The average molecular weight is 358 g/mol. The van der Waals surface area contributed by atoms with E-state index >= 15 is 0 Å². The van der Waals surface area contributed by atoms with E-state index in [2.05, 4.69) is 16.9 Å². The smallest absolute Gasteiger partial charge is 0.255 e. The van der Waals surface area contributed by atoms with Crippen molar-refractivity contribution < 1.29 is 8.42 Å². The van der Waals surface area contributed by atoms with Crippen LogP contribution in [0.2, 0.25) is 0 Å². The number of aryl methyl sites for hydroxylation is 5. The molecule has 0 saturated heterocycles. The highest BCUT2D eigenvalue weighted by molar-refractivity contribution is 7.95. The van der Waals surface area contributed by atoms with Crippen LogP contribution in [0.15, 0.2) is 35.7 Å². The van der Waals surface area contributed by atoms with Gasteiger partial charge in [-0.3, -0.25) is 4.72 Å². The number of anilines is 1. The summed E-state index contributed by atoms with van der Waals surface area (Å²) in [5.41, 5.74) is 7.03. The van der Waals surface area contributed by atoms with Gasteiger partial charge in [-0.1, -0.05) is 49.7 Å². The summed E-state index contributed by atoms with van der Waals surface area (Å²) in [6.45, 7) is 10.1. The largest absolute Gasteiger partial charge is 0.280 e. The molecular formula is C21H27NO2S. The first-order chi connectivity index (χ1) is 11.8. The molecule has 0 fully saturated rings. The molecule has 0 spiro atoms. The number of sulfonamides is 1. The van der Waals surface area contributed by atoms with Crippen molar-refractivity contribution in [2.45, 2.75) is 47.5 Å². The second-order valence-corrected chi connectivity index (χ2v) is 7.99. The molecule has 3 nitrogen and oxygen atoms in total. The molecule has 4 heteroatoms. The van der Waals surface area contributed by atoms with Crippen molar-refractivity contribution in [1.82, 2.24) is 0 Å². The lowest BCUT2D eigenvalue weighted by Gasteiger charge is -2.14. The van der Waals surface area contributed by atoms with Crippen molar-refractivity contribution in [3.63, 3.8) is 0 Å². The highest BCUT2D eigenvalue weighted by atomic mass is 32.2. The molecular weight excluding hydrogens is 330 g/mol. The van der Waals surface area contributed by atoms with Crippen LogP contribution in [-0.4, -0.2) is 8.42 Å². The molecule has 0 unspecified atom stereocenters. The molecule has 25 heavy (non-hydrogen) atoms. The number of para-hydroxylation sites is 1. The topological polar surface area (TPSA) is 46.2 Å². The summed E-state index contributed by atoms with van der Waals surface area (Å²) < 4.78 is 28.0. The van der Waals surface area contributed by atoms with Gasteiger partial charge in [-0.15, -0.1) is 0 Å². The van der Waals surface area contributed by atoms with Crippen LogP contribution >= 0.6 is 0 Å². The number of hydrogen-bond donors (Lipinski definition) is 1. The van der Waals surface area contributed by atoms with Crippen LogP contribution < -0.4 is 4.72 Å². The Morgan fingerprint density at radius 2 is 1.48 bits per heavy atom. The van der Waals surface area contributed by atoms with Crippen LogP contribution in [0.3, 0.4) is 0 Å². The number of rotatable bonds is 6. The lowest BCUT2D eigenvalue weighted by atomic mass is 10.0. The average Bonchev–Trinajstić information content (AvgIpc) is 2.53. The van der Waals surface area contributed by atoms with Gasteiger partial charge < -0.3 is 0 Å². The highest BCUT2D eigenvalue weighted by Crippen LogP contribution is 2.25. The molecule has 2 aromatic carbocycles. The maximum atomic E-state index is 12.6. The molecule has 0 aromatic heterocycles. The molecule has 134 valence electrons. The highest BCUT2D eigenvalue weighted by Gasteiger charge is 2.13. The standard InChI is InChI=1S/C21H27NO2S/c1-6-18-9-8-10-19(7-2)21(18)22-25(23,24)12-11-20-16(4)13-15(3)14-17(20)5/h8-14,22H,6-7H2,1-5H3/b12-11+. The van der Waals surface area contributed by atoms with Gasteiger partial charge in [0.25, 0.3) is 10.0 Å². The maximum absolute atomic E-state index is 12.6. The minimum Gasteiger partial charge on any atom is -0.280 e.